The molecule has 1 aromatic heterocycles. The molecule has 0 bridgehead atoms. The predicted molar refractivity (Wildman–Crippen MR) is 68.9 cm³/mol. The number of para-hydroxylation sites is 1. The molecule has 0 aliphatic rings. The van der Waals surface area contributed by atoms with Gasteiger partial charge in [-0.05, 0) is 6.07 Å². The van der Waals surface area contributed by atoms with Crippen molar-refractivity contribution in [2.24, 2.45) is 10.8 Å². The van der Waals surface area contributed by atoms with E-state index in [1.54, 1.807) is 18.6 Å². The van der Waals surface area contributed by atoms with Crippen molar-refractivity contribution >= 4 is 23.2 Å². The minimum absolute atomic E-state index is 0.208. The molecule has 6 nitrogen and oxygen atoms in total. The fourth-order valence-corrected chi connectivity index (χ4v) is 1.48. The van der Waals surface area contributed by atoms with Crippen molar-refractivity contribution in [3.63, 3.8) is 0 Å². The number of hydrazone groups is 1. The van der Waals surface area contributed by atoms with Gasteiger partial charge in [0.15, 0.2) is 0 Å². The van der Waals surface area contributed by atoms with Crippen LogP contribution < -0.4 is 11.2 Å². The van der Waals surface area contributed by atoms with Crippen molar-refractivity contribution in [3.8, 4) is 0 Å². The fourth-order valence-electron chi connectivity index (χ4n) is 1.48. The van der Waals surface area contributed by atoms with Gasteiger partial charge in [0.2, 0.25) is 5.91 Å². The predicted octanol–water partition coefficient (Wildman–Crippen LogP) is 0.429. The van der Waals surface area contributed by atoms with Gasteiger partial charge in [0.05, 0.1) is 17.2 Å². The molecule has 0 spiro atoms. The summed E-state index contributed by atoms with van der Waals surface area (Å²) in [6.07, 6.45) is 5.05. The summed E-state index contributed by atoms with van der Waals surface area (Å²) in [5.74, 6) is -0.208. The zero-order valence-electron chi connectivity index (χ0n) is 9.71. The molecule has 0 aliphatic heterocycles. The molecule has 2 rings (SSSR count). The Hall–Kier alpha value is -2.34. The molecule has 0 atom stereocenters. The summed E-state index contributed by atoms with van der Waals surface area (Å²) in [6, 6.07) is 5.59. The van der Waals surface area contributed by atoms with E-state index in [4.69, 9.17) is 5.73 Å². The van der Waals surface area contributed by atoms with Crippen molar-refractivity contribution in [3.05, 3.63) is 36.2 Å². The number of aromatic nitrogens is 2. The zero-order chi connectivity index (χ0) is 12.8. The third-order valence-electron chi connectivity index (χ3n) is 2.29. The highest BCUT2D eigenvalue weighted by Crippen LogP contribution is 2.11. The highest BCUT2D eigenvalue weighted by molar-refractivity contribution is 5.96. The number of fused-ring (bicyclic) bond motifs is 1. The van der Waals surface area contributed by atoms with Gasteiger partial charge >= 0.3 is 0 Å². The average Bonchev–Trinajstić information content (AvgIpc) is 2.39. The first kappa shape index (κ1) is 12.1. The molecule has 6 heteroatoms. The Balaban J connectivity index is 2.16. The second-order valence-electron chi connectivity index (χ2n) is 3.60. The molecule has 0 saturated heterocycles. The first-order valence-electron chi connectivity index (χ1n) is 5.53. The quantitative estimate of drug-likeness (QED) is 0.601. The van der Waals surface area contributed by atoms with E-state index in [1.165, 1.54) is 0 Å². The van der Waals surface area contributed by atoms with Gasteiger partial charge in [0.1, 0.15) is 0 Å². The molecule has 0 aliphatic carbocycles. The average molecular weight is 243 g/mol. The molecule has 0 unspecified atom stereocenters. The van der Waals surface area contributed by atoms with Gasteiger partial charge in [-0.1, -0.05) is 12.1 Å². The Morgan fingerprint density at radius 3 is 3.06 bits per heavy atom. The smallest absolute Gasteiger partial charge is 0.241 e. The van der Waals surface area contributed by atoms with Gasteiger partial charge in [0.25, 0.3) is 0 Å². The third kappa shape index (κ3) is 2.86. The number of rotatable bonds is 4. The molecule has 0 saturated carbocycles. The molecule has 1 heterocycles. The zero-order valence-corrected chi connectivity index (χ0v) is 9.71. The molecule has 1 aromatic carbocycles. The van der Waals surface area contributed by atoms with Crippen LogP contribution in [0, 0.1) is 0 Å². The van der Waals surface area contributed by atoms with Crippen LogP contribution in [-0.4, -0.2) is 28.6 Å². The minimum atomic E-state index is -0.208. The van der Waals surface area contributed by atoms with Gasteiger partial charge in [-0.15, -0.1) is 0 Å². The lowest BCUT2D eigenvalue weighted by atomic mass is 10.2. The highest BCUT2D eigenvalue weighted by Gasteiger charge is 2.00. The Morgan fingerprint density at radius 1 is 1.39 bits per heavy atom. The van der Waals surface area contributed by atoms with E-state index in [9.17, 15) is 4.79 Å². The van der Waals surface area contributed by atoms with E-state index >= 15 is 0 Å². The van der Waals surface area contributed by atoms with Gasteiger partial charge < -0.3 is 5.73 Å². The molecule has 0 radical (unpaired) electrons. The van der Waals surface area contributed by atoms with Gasteiger partial charge in [-0.3, -0.25) is 14.8 Å². The van der Waals surface area contributed by atoms with Crippen LogP contribution in [0.25, 0.3) is 11.0 Å². The van der Waals surface area contributed by atoms with Crippen molar-refractivity contribution in [1.82, 2.24) is 15.4 Å². The SMILES string of the molecule is NCCC(=O)N/N=C/c1cccc2nccnc12. The van der Waals surface area contributed by atoms with Crippen LogP contribution in [0.3, 0.4) is 0 Å². The molecular weight excluding hydrogens is 230 g/mol. The Kier molecular flexibility index (Phi) is 3.93. The summed E-state index contributed by atoms with van der Waals surface area (Å²) in [7, 11) is 0. The van der Waals surface area contributed by atoms with Crippen LogP contribution in [0.4, 0.5) is 0 Å². The van der Waals surface area contributed by atoms with Gasteiger partial charge in [-0.25, -0.2) is 5.43 Å². The summed E-state index contributed by atoms with van der Waals surface area (Å²) >= 11 is 0. The van der Waals surface area contributed by atoms with E-state index in [0.717, 1.165) is 16.6 Å². The molecule has 2 aromatic rings. The Morgan fingerprint density at radius 2 is 2.22 bits per heavy atom. The lowest BCUT2D eigenvalue weighted by Gasteiger charge is -2.00. The largest absolute Gasteiger partial charge is 0.330 e. The summed E-state index contributed by atoms with van der Waals surface area (Å²) < 4.78 is 0. The number of nitrogens with two attached hydrogens (primary N) is 1. The maximum absolute atomic E-state index is 11.2. The number of benzene rings is 1. The Bertz CT molecular complexity index is 576. The van der Waals surface area contributed by atoms with Crippen LogP contribution in [0.15, 0.2) is 35.7 Å². The number of hydrogen-bond acceptors (Lipinski definition) is 5. The number of carbonyl (C=O) groups is 1. The molecule has 1 amide bonds. The Labute approximate surface area is 104 Å². The normalized spacial score (nSPS) is 10.9. The minimum Gasteiger partial charge on any atom is -0.330 e. The molecule has 0 fully saturated rings. The van der Waals surface area contributed by atoms with E-state index in [-0.39, 0.29) is 12.3 Å². The van der Waals surface area contributed by atoms with E-state index in [0.29, 0.717) is 6.54 Å². The van der Waals surface area contributed by atoms with Crippen LogP contribution in [0.5, 0.6) is 0 Å². The summed E-state index contributed by atoms with van der Waals surface area (Å²) in [5, 5.41) is 3.86. The maximum atomic E-state index is 11.2. The molecule has 92 valence electrons. The molecule has 3 N–H and O–H groups in total. The highest BCUT2D eigenvalue weighted by atomic mass is 16.2. The van der Waals surface area contributed by atoms with Gasteiger partial charge in [-0.2, -0.15) is 5.10 Å². The van der Waals surface area contributed by atoms with Crippen LogP contribution in [-0.2, 0) is 4.79 Å². The second kappa shape index (κ2) is 5.83. The number of carbonyl (C=O) groups excluding carboxylic acids is 1. The standard InChI is InChI=1S/C12H13N5O/c13-5-4-11(18)17-16-8-9-2-1-3-10-12(9)15-7-6-14-10/h1-3,6-8H,4-5,13H2,(H,17,18)/b16-8+. The van der Waals surface area contributed by atoms with Crippen LogP contribution >= 0.6 is 0 Å². The fraction of sp³-hybridized carbons (Fsp3) is 0.167. The first-order valence-corrected chi connectivity index (χ1v) is 5.53. The molecular formula is C12H13N5O. The topological polar surface area (TPSA) is 93.3 Å². The summed E-state index contributed by atoms with van der Waals surface area (Å²) in [4.78, 5) is 19.6. The van der Waals surface area contributed by atoms with Crippen molar-refractivity contribution in [2.45, 2.75) is 6.42 Å². The van der Waals surface area contributed by atoms with E-state index in [2.05, 4.69) is 20.5 Å². The van der Waals surface area contributed by atoms with Crippen LogP contribution in [0.1, 0.15) is 12.0 Å². The lowest BCUT2D eigenvalue weighted by molar-refractivity contribution is -0.120. The van der Waals surface area contributed by atoms with Crippen molar-refractivity contribution in [1.29, 1.82) is 0 Å². The van der Waals surface area contributed by atoms with Gasteiger partial charge in [0, 0.05) is 30.9 Å². The van der Waals surface area contributed by atoms with Crippen molar-refractivity contribution < 1.29 is 4.79 Å². The van der Waals surface area contributed by atoms with Crippen molar-refractivity contribution in [2.75, 3.05) is 6.54 Å². The maximum Gasteiger partial charge on any atom is 0.241 e. The number of nitrogens with zero attached hydrogens (tertiary/aromatic N) is 3. The monoisotopic (exact) mass is 243 g/mol. The van der Waals surface area contributed by atoms with E-state index in [1.807, 2.05) is 18.2 Å². The van der Waals surface area contributed by atoms with Crippen LogP contribution in [0.2, 0.25) is 0 Å². The lowest BCUT2D eigenvalue weighted by Crippen LogP contribution is -2.20. The third-order valence-corrected chi connectivity index (χ3v) is 2.29. The number of hydrogen-bond donors (Lipinski definition) is 2. The van der Waals surface area contributed by atoms with E-state index < -0.39 is 0 Å². The molecule has 18 heavy (non-hydrogen) atoms. The number of nitrogens with one attached hydrogen (secondary N) is 1. The summed E-state index contributed by atoms with van der Waals surface area (Å²) in [6.45, 7) is 0.307. The first-order chi connectivity index (χ1) is 8.81. The summed E-state index contributed by atoms with van der Waals surface area (Å²) in [5.41, 5.74) is 9.99. The second-order valence-corrected chi connectivity index (χ2v) is 3.60. The number of amides is 1.